The third-order valence-electron chi connectivity index (χ3n) is 3.18. The minimum absolute atomic E-state index is 0.465. The van der Waals surface area contributed by atoms with Crippen molar-refractivity contribution in [1.29, 1.82) is 5.26 Å². The van der Waals surface area contributed by atoms with Gasteiger partial charge in [0.2, 0.25) is 0 Å². The summed E-state index contributed by atoms with van der Waals surface area (Å²) in [6, 6.07) is 18.6. The molecule has 0 fully saturated rings. The summed E-state index contributed by atoms with van der Waals surface area (Å²) in [5, 5.41) is 8.88. The van der Waals surface area contributed by atoms with Crippen molar-refractivity contribution in [2.75, 3.05) is 11.4 Å². The quantitative estimate of drug-likeness (QED) is 0.739. The monoisotopic (exact) mass is 284 g/mol. The molecule has 2 aromatic rings. The number of para-hydroxylation sites is 1. The number of aryl methyl sites for hydroxylation is 1. The molecule has 0 unspecified atom stereocenters. The van der Waals surface area contributed by atoms with E-state index in [0.717, 1.165) is 16.9 Å². The molecular formula is C17H17ClN2. The number of halogens is 1. The molecule has 3 heteroatoms. The van der Waals surface area contributed by atoms with Gasteiger partial charge in [-0.25, -0.2) is 0 Å². The van der Waals surface area contributed by atoms with Crippen molar-refractivity contribution in [3.05, 3.63) is 59.7 Å². The van der Waals surface area contributed by atoms with Gasteiger partial charge in [-0.1, -0.05) is 35.9 Å². The van der Waals surface area contributed by atoms with Crippen molar-refractivity contribution >= 4 is 23.0 Å². The third kappa shape index (κ3) is 3.31. The van der Waals surface area contributed by atoms with Crippen LogP contribution in [0.1, 0.15) is 17.5 Å². The summed E-state index contributed by atoms with van der Waals surface area (Å²) in [4.78, 5) is 2.15. The molecular weight excluding hydrogens is 268 g/mol. The molecule has 0 atom stereocenters. The van der Waals surface area contributed by atoms with Gasteiger partial charge in [0.05, 0.1) is 12.5 Å². The fourth-order valence-corrected chi connectivity index (χ4v) is 2.46. The van der Waals surface area contributed by atoms with E-state index >= 15 is 0 Å². The fourth-order valence-electron chi connectivity index (χ4n) is 2.24. The Bertz CT molecular complexity index is 602. The van der Waals surface area contributed by atoms with Gasteiger partial charge in [-0.05, 0) is 30.7 Å². The van der Waals surface area contributed by atoms with Crippen molar-refractivity contribution in [1.82, 2.24) is 0 Å². The van der Waals surface area contributed by atoms with E-state index < -0.39 is 0 Å². The number of hydrogen-bond acceptors (Lipinski definition) is 2. The summed E-state index contributed by atoms with van der Waals surface area (Å²) < 4.78 is 0. The predicted molar refractivity (Wildman–Crippen MR) is 84.4 cm³/mol. The summed E-state index contributed by atoms with van der Waals surface area (Å²) in [5.41, 5.74) is 4.44. The molecule has 0 amide bonds. The second kappa shape index (κ2) is 6.98. The lowest BCUT2D eigenvalue weighted by Gasteiger charge is -2.26. The summed E-state index contributed by atoms with van der Waals surface area (Å²) in [6.45, 7) is 2.72. The maximum Gasteiger partial charge on any atom is 0.0640 e. The number of benzene rings is 2. The van der Waals surface area contributed by atoms with Crippen LogP contribution < -0.4 is 4.90 Å². The zero-order valence-corrected chi connectivity index (χ0v) is 12.3. The average Bonchev–Trinajstić information content (AvgIpc) is 2.49. The first-order valence-electron chi connectivity index (χ1n) is 6.61. The first kappa shape index (κ1) is 14.4. The molecule has 0 N–H and O–H groups in total. The van der Waals surface area contributed by atoms with Crippen LogP contribution in [0.25, 0.3) is 0 Å². The number of nitriles is 1. The molecule has 0 saturated carbocycles. The highest BCUT2D eigenvalue weighted by Crippen LogP contribution is 2.30. The molecule has 20 heavy (non-hydrogen) atoms. The summed E-state index contributed by atoms with van der Waals surface area (Å²) in [7, 11) is 0. The van der Waals surface area contributed by atoms with E-state index in [2.05, 4.69) is 48.2 Å². The first-order chi connectivity index (χ1) is 9.76. The molecule has 0 radical (unpaired) electrons. The maximum absolute atomic E-state index is 8.88. The van der Waals surface area contributed by atoms with Crippen LogP contribution in [-0.4, -0.2) is 6.54 Å². The van der Waals surface area contributed by atoms with Gasteiger partial charge in [0.25, 0.3) is 0 Å². The van der Waals surface area contributed by atoms with Crippen LogP contribution in [0.3, 0.4) is 0 Å². The molecule has 0 spiro atoms. The van der Waals surface area contributed by atoms with E-state index in [4.69, 9.17) is 16.9 Å². The molecule has 0 aromatic heterocycles. The van der Waals surface area contributed by atoms with E-state index in [-0.39, 0.29) is 0 Å². The van der Waals surface area contributed by atoms with Gasteiger partial charge in [-0.15, -0.1) is 11.6 Å². The molecule has 0 aliphatic carbocycles. The highest BCUT2D eigenvalue weighted by Gasteiger charge is 2.12. The highest BCUT2D eigenvalue weighted by molar-refractivity contribution is 6.17. The Morgan fingerprint density at radius 1 is 1.15 bits per heavy atom. The van der Waals surface area contributed by atoms with E-state index in [0.29, 0.717) is 18.8 Å². The topological polar surface area (TPSA) is 27.0 Å². The Hall–Kier alpha value is -1.98. The predicted octanol–water partition coefficient (Wildman–Crippen LogP) is 4.79. The lowest BCUT2D eigenvalue weighted by atomic mass is 10.1. The normalized spacial score (nSPS) is 10.1. The number of alkyl halides is 1. The second-order valence-corrected chi connectivity index (χ2v) is 4.93. The largest absolute Gasteiger partial charge is 0.340 e. The average molecular weight is 285 g/mol. The van der Waals surface area contributed by atoms with Crippen molar-refractivity contribution in [2.45, 2.75) is 19.2 Å². The van der Waals surface area contributed by atoms with E-state index in [9.17, 15) is 0 Å². The van der Waals surface area contributed by atoms with Crippen LogP contribution in [0, 0.1) is 18.3 Å². The number of hydrogen-bond donors (Lipinski definition) is 0. The van der Waals surface area contributed by atoms with Gasteiger partial charge in [-0.2, -0.15) is 5.26 Å². The molecule has 0 aliphatic rings. The summed E-state index contributed by atoms with van der Waals surface area (Å²) in [6.07, 6.45) is 0.477. The Balaban J connectivity index is 2.44. The number of nitrogens with zero attached hydrogens (tertiary/aromatic N) is 2. The Morgan fingerprint density at radius 3 is 2.55 bits per heavy atom. The summed E-state index contributed by atoms with van der Waals surface area (Å²) in [5.74, 6) is 0.465. The van der Waals surface area contributed by atoms with Crippen LogP contribution in [0.5, 0.6) is 0 Å². The minimum Gasteiger partial charge on any atom is -0.340 e. The Labute approximate surface area is 125 Å². The van der Waals surface area contributed by atoms with Crippen LogP contribution in [0.15, 0.2) is 48.5 Å². The Kier molecular flexibility index (Phi) is 5.03. The molecule has 2 nitrogen and oxygen atoms in total. The second-order valence-electron chi connectivity index (χ2n) is 4.66. The maximum atomic E-state index is 8.88. The van der Waals surface area contributed by atoms with Gasteiger partial charge in [0.1, 0.15) is 0 Å². The third-order valence-corrected chi connectivity index (χ3v) is 3.47. The van der Waals surface area contributed by atoms with E-state index in [1.807, 2.05) is 18.2 Å². The SMILES string of the molecule is Cc1ccc(N(CCC#N)c2ccccc2)c(CCl)c1. The van der Waals surface area contributed by atoms with Gasteiger partial charge >= 0.3 is 0 Å². The fraction of sp³-hybridized carbons (Fsp3) is 0.235. The molecule has 2 aromatic carbocycles. The standard InChI is InChI=1S/C17H17ClN2/c1-14-8-9-17(15(12-14)13-18)20(11-5-10-19)16-6-3-2-4-7-16/h2-4,6-9,12H,5,11,13H2,1H3. The minimum atomic E-state index is 0.465. The van der Waals surface area contributed by atoms with Crippen molar-refractivity contribution in [3.63, 3.8) is 0 Å². The Morgan fingerprint density at radius 2 is 1.90 bits per heavy atom. The molecule has 102 valence electrons. The first-order valence-corrected chi connectivity index (χ1v) is 7.14. The van der Waals surface area contributed by atoms with Gasteiger partial charge in [-0.3, -0.25) is 0 Å². The van der Waals surface area contributed by atoms with Crippen LogP contribution in [-0.2, 0) is 5.88 Å². The van der Waals surface area contributed by atoms with Crippen LogP contribution in [0.2, 0.25) is 0 Å². The van der Waals surface area contributed by atoms with Gasteiger partial charge in [0, 0.05) is 23.8 Å². The van der Waals surface area contributed by atoms with Crippen LogP contribution >= 0.6 is 11.6 Å². The lowest BCUT2D eigenvalue weighted by Crippen LogP contribution is -2.19. The molecule has 0 saturated heterocycles. The van der Waals surface area contributed by atoms with Crippen molar-refractivity contribution in [3.8, 4) is 6.07 Å². The van der Waals surface area contributed by atoms with Gasteiger partial charge in [0.15, 0.2) is 0 Å². The van der Waals surface area contributed by atoms with Crippen molar-refractivity contribution in [2.24, 2.45) is 0 Å². The smallest absolute Gasteiger partial charge is 0.0640 e. The van der Waals surface area contributed by atoms with Gasteiger partial charge < -0.3 is 4.90 Å². The lowest BCUT2D eigenvalue weighted by molar-refractivity contribution is 0.941. The number of rotatable bonds is 5. The summed E-state index contributed by atoms with van der Waals surface area (Å²) >= 11 is 6.08. The molecule has 0 bridgehead atoms. The highest BCUT2D eigenvalue weighted by atomic mass is 35.5. The zero-order chi connectivity index (χ0) is 14.4. The molecule has 2 rings (SSSR count). The number of anilines is 2. The van der Waals surface area contributed by atoms with E-state index in [1.54, 1.807) is 0 Å². The van der Waals surface area contributed by atoms with Crippen molar-refractivity contribution < 1.29 is 0 Å². The van der Waals surface area contributed by atoms with Crippen LogP contribution in [0.4, 0.5) is 11.4 Å². The zero-order valence-electron chi connectivity index (χ0n) is 11.5. The molecule has 0 aliphatic heterocycles. The molecule has 0 heterocycles. The van der Waals surface area contributed by atoms with E-state index in [1.165, 1.54) is 5.56 Å².